The second kappa shape index (κ2) is 2.54. The largest absolute Gasteiger partial charge is 0.393 e. The minimum absolute atomic E-state index is 0.664. The van der Waals surface area contributed by atoms with Crippen LogP contribution in [0.1, 0.15) is 0 Å². The molecule has 0 fully saturated rings. The van der Waals surface area contributed by atoms with E-state index in [1.807, 2.05) is 0 Å². The average Bonchev–Trinajstić information content (AvgIpc) is 1.65. The first kappa shape index (κ1) is 6.39. The molecule has 0 heterocycles. The number of carbonyl (C=O) groups is 1. The van der Waals surface area contributed by atoms with Gasteiger partial charge >= 0.3 is 0 Å². The fourth-order valence-electron chi connectivity index (χ4n) is 0.0829. The van der Waals surface area contributed by atoms with Gasteiger partial charge in [-0.3, -0.25) is 10.5 Å². The van der Waals surface area contributed by atoms with E-state index in [1.165, 1.54) is 0 Å². The van der Waals surface area contributed by atoms with Gasteiger partial charge in [0, 0.05) is 0 Å². The van der Waals surface area contributed by atoms with Crippen molar-refractivity contribution < 1.29 is 15.0 Å². The van der Waals surface area contributed by atoms with Crippen LogP contribution in [0.25, 0.3) is 0 Å². The van der Waals surface area contributed by atoms with Crippen molar-refractivity contribution in [2.75, 3.05) is 6.61 Å². The molecule has 1 unspecified atom stereocenters. The summed E-state index contributed by atoms with van der Waals surface area (Å²) in [5, 5.41) is 16.1. The van der Waals surface area contributed by atoms with Gasteiger partial charge in [0.25, 0.3) is 5.91 Å². The van der Waals surface area contributed by atoms with Crippen LogP contribution in [0, 0.1) is 0 Å². The molecule has 7 heavy (non-hydrogen) atoms. The smallest absolute Gasteiger partial charge is 0.269 e. The van der Waals surface area contributed by atoms with Gasteiger partial charge < -0.3 is 10.2 Å². The molecule has 4 nitrogen and oxygen atoms in total. The van der Waals surface area contributed by atoms with Crippen LogP contribution < -0.4 is 5.73 Å². The number of rotatable bonds is 2. The van der Waals surface area contributed by atoms with E-state index < -0.39 is 18.6 Å². The number of nitrogens with one attached hydrogen (secondary N) is 1. The number of aliphatic hydroxyl groups is 2. The quantitative estimate of drug-likeness (QED) is 0.431. The normalized spacial score (nSPS) is 13.4. The predicted molar refractivity (Wildman–Crippen MR) is 21.2 cm³/mol. The van der Waals surface area contributed by atoms with E-state index in [0.717, 1.165) is 0 Å². The summed E-state index contributed by atoms with van der Waals surface area (Å²) in [5.41, 5.74) is 6.13. The van der Waals surface area contributed by atoms with Gasteiger partial charge in [-0.15, -0.1) is 0 Å². The molecular weight excluding hydrogens is 98.0 g/mol. The Morgan fingerprint density at radius 1 is 1.86 bits per heavy atom. The van der Waals surface area contributed by atoms with E-state index in [9.17, 15) is 4.79 Å². The summed E-state index contributed by atoms with van der Waals surface area (Å²) in [6.45, 7) is -0.664. The third kappa shape index (κ3) is 2.13. The predicted octanol–water partition coefficient (Wildman–Crippen LogP) is -1.85. The van der Waals surface area contributed by atoms with Crippen LogP contribution >= 0.6 is 0 Å². The van der Waals surface area contributed by atoms with Crippen molar-refractivity contribution in [1.29, 1.82) is 0 Å². The molecule has 0 spiro atoms. The maximum atomic E-state index is 9.63. The van der Waals surface area contributed by atoms with Gasteiger partial charge in [-0.05, 0) is 0 Å². The van der Waals surface area contributed by atoms with Crippen molar-refractivity contribution in [2.24, 2.45) is 0 Å². The van der Waals surface area contributed by atoms with Crippen LogP contribution in [0.5, 0.6) is 0 Å². The van der Waals surface area contributed by atoms with Gasteiger partial charge in [0.05, 0.1) is 6.61 Å². The Morgan fingerprint density at radius 3 is 2.29 bits per heavy atom. The minimum atomic E-state index is -1.51. The third-order valence-electron chi connectivity index (χ3n) is 0.476. The zero-order chi connectivity index (χ0) is 5.86. The summed E-state index contributed by atoms with van der Waals surface area (Å²) < 4.78 is 0. The molecule has 0 rings (SSSR count). The van der Waals surface area contributed by atoms with E-state index in [0.29, 0.717) is 0 Å². The fraction of sp³-hybridized carbons (Fsp3) is 0.667. The lowest BCUT2D eigenvalue weighted by molar-refractivity contribution is -0.128. The number of hydrogen-bond donors (Lipinski definition) is 2. The van der Waals surface area contributed by atoms with Crippen molar-refractivity contribution >= 4 is 5.91 Å². The van der Waals surface area contributed by atoms with E-state index in [4.69, 9.17) is 15.9 Å². The Kier molecular flexibility index (Phi) is 2.32. The monoisotopic (exact) mass is 104 g/mol. The van der Waals surface area contributed by atoms with E-state index in [2.05, 4.69) is 0 Å². The zero-order valence-electron chi connectivity index (χ0n) is 3.59. The van der Waals surface area contributed by atoms with Gasteiger partial charge in [-0.2, -0.15) is 0 Å². The van der Waals surface area contributed by atoms with Crippen molar-refractivity contribution in [3.8, 4) is 0 Å². The average molecular weight is 104 g/mol. The summed E-state index contributed by atoms with van der Waals surface area (Å²) in [4.78, 5) is 9.63. The van der Waals surface area contributed by atoms with Gasteiger partial charge in [-0.1, -0.05) is 0 Å². The molecule has 41 valence electrons. The lowest BCUT2D eigenvalue weighted by Crippen LogP contribution is -2.24. The SMILES string of the molecule is [NH]C(=O)C(O)CO. The maximum absolute atomic E-state index is 9.63. The molecule has 0 saturated heterocycles. The first-order valence-corrected chi connectivity index (χ1v) is 1.73. The van der Waals surface area contributed by atoms with Gasteiger partial charge in [0.15, 0.2) is 6.10 Å². The second-order valence-electron chi connectivity index (χ2n) is 1.06. The molecule has 1 atom stereocenters. The molecule has 0 aromatic heterocycles. The molecule has 0 aromatic rings. The summed E-state index contributed by atoms with van der Waals surface area (Å²) in [6.07, 6.45) is -1.51. The Balaban J connectivity index is 3.34. The van der Waals surface area contributed by atoms with Gasteiger partial charge in [0.1, 0.15) is 0 Å². The van der Waals surface area contributed by atoms with Crippen molar-refractivity contribution in [2.45, 2.75) is 6.10 Å². The number of aliphatic hydroxyl groups excluding tert-OH is 2. The summed E-state index contributed by atoms with van der Waals surface area (Å²) >= 11 is 0. The maximum Gasteiger partial charge on any atom is 0.269 e. The van der Waals surface area contributed by atoms with Crippen molar-refractivity contribution in [1.82, 2.24) is 5.73 Å². The molecule has 0 aromatic carbocycles. The number of amides is 1. The number of carbonyl (C=O) groups excluding carboxylic acids is 1. The lowest BCUT2D eigenvalue weighted by atomic mass is 10.4. The molecule has 0 aliphatic carbocycles. The molecule has 1 amide bonds. The van der Waals surface area contributed by atoms with E-state index in [-0.39, 0.29) is 0 Å². The molecule has 3 N–H and O–H groups in total. The van der Waals surface area contributed by atoms with Gasteiger partial charge in [-0.25, -0.2) is 0 Å². The molecule has 0 bridgehead atoms. The van der Waals surface area contributed by atoms with Crippen LogP contribution in [0.2, 0.25) is 0 Å². The fourth-order valence-corrected chi connectivity index (χ4v) is 0.0829. The molecule has 1 radical (unpaired) electrons. The van der Waals surface area contributed by atoms with E-state index >= 15 is 0 Å². The van der Waals surface area contributed by atoms with Crippen LogP contribution in [0.15, 0.2) is 0 Å². The Labute approximate surface area is 40.6 Å². The highest BCUT2D eigenvalue weighted by molar-refractivity contribution is 5.77. The molecule has 0 aliphatic rings. The van der Waals surface area contributed by atoms with Crippen molar-refractivity contribution in [3.05, 3.63) is 0 Å². The first-order chi connectivity index (χ1) is 3.18. The highest BCUT2D eigenvalue weighted by Crippen LogP contribution is 1.74. The van der Waals surface area contributed by atoms with Crippen LogP contribution in [0.3, 0.4) is 0 Å². The Morgan fingerprint density at radius 2 is 2.29 bits per heavy atom. The standard InChI is InChI=1S/C3H6NO3/c4-3(7)2(6)1-5/h2,4-6H,1H2. The summed E-state index contributed by atoms with van der Waals surface area (Å²) in [7, 11) is 0. The van der Waals surface area contributed by atoms with Crippen LogP contribution in [0.4, 0.5) is 0 Å². The molecule has 0 aliphatic heterocycles. The van der Waals surface area contributed by atoms with Gasteiger partial charge in [0.2, 0.25) is 0 Å². The highest BCUT2D eigenvalue weighted by atomic mass is 16.3. The Hall–Kier alpha value is -0.610. The first-order valence-electron chi connectivity index (χ1n) is 1.73. The molecule has 4 heteroatoms. The van der Waals surface area contributed by atoms with Crippen LogP contribution in [-0.4, -0.2) is 28.8 Å². The van der Waals surface area contributed by atoms with Crippen molar-refractivity contribution in [3.63, 3.8) is 0 Å². The van der Waals surface area contributed by atoms with E-state index in [1.54, 1.807) is 0 Å². The summed E-state index contributed by atoms with van der Waals surface area (Å²) in [5.74, 6) is -1.15. The molecule has 0 saturated carbocycles. The molecular formula is C3H6NO3. The minimum Gasteiger partial charge on any atom is -0.393 e. The highest BCUT2D eigenvalue weighted by Gasteiger charge is 2.07. The zero-order valence-corrected chi connectivity index (χ0v) is 3.59. The lowest BCUT2D eigenvalue weighted by Gasteiger charge is -1.95. The number of hydrogen-bond acceptors (Lipinski definition) is 3. The Bertz CT molecular complexity index is 72.6. The second-order valence-corrected chi connectivity index (χ2v) is 1.06. The summed E-state index contributed by atoms with van der Waals surface area (Å²) in [6, 6.07) is 0. The third-order valence-corrected chi connectivity index (χ3v) is 0.476. The topological polar surface area (TPSA) is 81.3 Å². The van der Waals surface area contributed by atoms with Crippen LogP contribution in [-0.2, 0) is 4.79 Å².